The SMILES string of the molecule is COC(=O)CCCNC(=S)Nn1cnc2ccccc21. The second-order valence-corrected chi connectivity index (χ2v) is 4.56. The summed E-state index contributed by atoms with van der Waals surface area (Å²) in [5, 5.41) is 3.51. The van der Waals surface area contributed by atoms with Gasteiger partial charge in [-0.15, -0.1) is 0 Å². The van der Waals surface area contributed by atoms with Crippen LogP contribution in [0.5, 0.6) is 0 Å². The standard InChI is InChI=1S/C13H16N4O2S/c1-19-12(18)7-4-8-14-13(20)16-17-9-15-10-5-2-3-6-11(10)17/h2-3,5-6,9H,4,7-8H2,1H3,(H2,14,16,20). The number of nitrogens with zero attached hydrogens (tertiary/aromatic N) is 2. The van der Waals surface area contributed by atoms with Crippen LogP contribution in [0.1, 0.15) is 12.8 Å². The number of carbonyl (C=O) groups is 1. The molecule has 6 nitrogen and oxygen atoms in total. The molecule has 106 valence electrons. The molecule has 1 aromatic heterocycles. The van der Waals surface area contributed by atoms with E-state index in [-0.39, 0.29) is 5.97 Å². The van der Waals surface area contributed by atoms with Gasteiger partial charge in [0.1, 0.15) is 6.33 Å². The Morgan fingerprint density at radius 1 is 1.45 bits per heavy atom. The Hall–Kier alpha value is -2.15. The highest BCUT2D eigenvalue weighted by atomic mass is 32.1. The molecular formula is C13H16N4O2S. The number of hydrogen-bond donors (Lipinski definition) is 2. The maximum Gasteiger partial charge on any atom is 0.305 e. The van der Waals surface area contributed by atoms with E-state index < -0.39 is 0 Å². The number of para-hydroxylation sites is 2. The van der Waals surface area contributed by atoms with Crippen LogP contribution >= 0.6 is 12.2 Å². The third kappa shape index (κ3) is 3.67. The second-order valence-electron chi connectivity index (χ2n) is 4.15. The molecule has 0 bridgehead atoms. The number of thiocarbonyl (C=S) groups is 1. The molecule has 7 heteroatoms. The summed E-state index contributed by atoms with van der Waals surface area (Å²) in [6.45, 7) is 0.605. The van der Waals surface area contributed by atoms with E-state index in [4.69, 9.17) is 12.2 Å². The molecule has 0 unspecified atom stereocenters. The van der Waals surface area contributed by atoms with Crippen molar-refractivity contribution in [3.8, 4) is 0 Å². The van der Waals surface area contributed by atoms with E-state index in [1.54, 1.807) is 11.0 Å². The predicted molar refractivity (Wildman–Crippen MR) is 80.9 cm³/mol. The average Bonchev–Trinajstić information content (AvgIpc) is 2.86. The first-order valence-electron chi connectivity index (χ1n) is 6.24. The van der Waals surface area contributed by atoms with E-state index in [2.05, 4.69) is 20.5 Å². The number of aromatic nitrogens is 2. The van der Waals surface area contributed by atoms with Gasteiger partial charge in [0, 0.05) is 13.0 Å². The van der Waals surface area contributed by atoms with Crippen molar-refractivity contribution >= 4 is 34.3 Å². The molecule has 2 N–H and O–H groups in total. The fourth-order valence-corrected chi connectivity index (χ4v) is 1.93. The van der Waals surface area contributed by atoms with Crippen LogP contribution in [0.3, 0.4) is 0 Å². The van der Waals surface area contributed by atoms with Gasteiger partial charge in [0.2, 0.25) is 0 Å². The van der Waals surface area contributed by atoms with Gasteiger partial charge in [-0.1, -0.05) is 12.1 Å². The molecule has 0 saturated heterocycles. The van der Waals surface area contributed by atoms with E-state index in [0.29, 0.717) is 24.5 Å². The summed E-state index contributed by atoms with van der Waals surface area (Å²) in [5.74, 6) is -0.216. The van der Waals surface area contributed by atoms with Crippen molar-refractivity contribution in [2.45, 2.75) is 12.8 Å². The van der Waals surface area contributed by atoms with Gasteiger partial charge >= 0.3 is 5.97 Å². The Morgan fingerprint density at radius 3 is 3.05 bits per heavy atom. The number of ether oxygens (including phenoxy) is 1. The minimum atomic E-state index is -0.216. The molecule has 2 aromatic rings. The maximum atomic E-state index is 10.9. The van der Waals surface area contributed by atoms with Crippen LogP contribution in [0, 0.1) is 0 Å². The third-order valence-electron chi connectivity index (χ3n) is 2.75. The van der Waals surface area contributed by atoms with Gasteiger partial charge in [0.15, 0.2) is 5.11 Å². The van der Waals surface area contributed by atoms with Crippen LogP contribution in [0.4, 0.5) is 0 Å². The zero-order valence-electron chi connectivity index (χ0n) is 11.1. The molecule has 1 heterocycles. The molecule has 0 aliphatic carbocycles. The Morgan fingerprint density at radius 2 is 2.25 bits per heavy atom. The monoisotopic (exact) mass is 292 g/mol. The minimum Gasteiger partial charge on any atom is -0.469 e. The third-order valence-corrected chi connectivity index (χ3v) is 2.98. The van der Waals surface area contributed by atoms with Crippen molar-refractivity contribution in [1.29, 1.82) is 0 Å². The van der Waals surface area contributed by atoms with Gasteiger partial charge in [-0.25, -0.2) is 9.66 Å². The molecule has 0 fully saturated rings. The summed E-state index contributed by atoms with van der Waals surface area (Å²) in [6, 6.07) is 7.76. The van der Waals surface area contributed by atoms with Crippen molar-refractivity contribution in [2.75, 3.05) is 19.1 Å². The Bertz CT molecular complexity index is 611. The molecule has 0 spiro atoms. The molecule has 2 rings (SSSR count). The summed E-state index contributed by atoms with van der Waals surface area (Å²) < 4.78 is 6.32. The fraction of sp³-hybridized carbons (Fsp3) is 0.308. The van der Waals surface area contributed by atoms with Gasteiger partial charge in [-0.05, 0) is 30.8 Å². The first-order valence-corrected chi connectivity index (χ1v) is 6.65. The van der Waals surface area contributed by atoms with Gasteiger partial charge in [-0.3, -0.25) is 10.2 Å². The Balaban J connectivity index is 1.81. The number of rotatable bonds is 5. The highest BCUT2D eigenvalue weighted by Crippen LogP contribution is 2.09. The van der Waals surface area contributed by atoms with Crippen molar-refractivity contribution in [2.24, 2.45) is 0 Å². The zero-order valence-corrected chi connectivity index (χ0v) is 11.9. The van der Waals surface area contributed by atoms with Crippen molar-refractivity contribution in [3.63, 3.8) is 0 Å². The van der Waals surface area contributed by atoms with Crippen molar-refractivity contribution in [1.82, 2.24) is 15.0 Å². The molecule has 0 saturated carbocycles. The topological polar surface area (TPSA) is 68.2 Å². The van der Waals surface area contributed by atoms with Crippen LogP contribution in [-0.4, -0.2) is 34.4 Å². The minimum absolute atomic E-state index is 0.216. The summed E-state index contributed by atoms with van der Waals surface area (Å²) in [6.07, 6.45) is 2.71. The fourth-order valence-electron chi connectivity index (χ4n) is 1.73. The van der Waals surface area contributed by atoms with Crippen LogP contribution in [0.25, 0.3) is 11.0 Å². The van der Waals surface area contributed by atoms with Gasteiger partial charge in [0.05, 0.1) is 18.1 Å². The highest BCUT2D eigenvalue weighted by Gasteiger charge is 2.03. The highest BCUT2D eigenvalue weighted by molar-refractivity contribution is 7.80. The van der Waals surface area contributed by atoms with Crippen LogP contribution in [0.2, 0.25) is 0 Å². The normalized spacial score (nSPS) is 10.2. The van der Waals surface area contributed by atoms with Gasteiger partial charge in [-0.2, -0.15) is 0 Å². The molecule has 20 heavy (non-hydrogen) atoms. The lowest BCUT2D eigenvalue weighted by atomic mass is 10.3. The van der Waals surface area contributed by atoms with Gasteiger partial charge in [0.25, 0.3) is 0 Å². The largest absolute Gasteiger partial charge is 0.469 e. The first kappa shape index (κ1) is 14.3. The summed E-state index contributed by atoms with van der Waals surface area (Å²) >= 11 is 5.19. The number of nitrogens with one attached hydrogen (secondary N) is 2. The number of carbonyl (C=O) groups excluding carboxylic acids is 1. The summed E-state index contributed by atoms with van der Waals surface area (Å²) in [4.78, 5) is 15.2. The van der Waals surface area contributed by atoms with Crippen molar-refractivity contribution in [3.05, 3.63) is 30.6 Å². The lowest BCUT2D eigenvalue weighted by molar-refractivity contribution is -0.140. The molecule has 0 radical (unpaired) electrons. The molecule has 1 aromatic carbocycles. The molecule has 0 amide bonds. The molecule has 0 atom stereocenters. The Kier molecular flexibility index (Phi) is 4.89. The van der Waals surface area contributed by atoms with E-state index in [1.807, 2.05) is 24.3 Å². The smallest absolute Gasteiger partial charge is 0.305 e. The summed E-state index contributed by atoms with van der Waals surface area (Å²) in [5.41, 5.74) is 4.87. The number of esters is 1. The molecule has 0 aliphatic heterocycles. The predicted octanol–water partition coefficient (Wildman–Crippen LogP) is 1.41. The molecular weight excluding hydrogens is 276 g/mol. The number of fused-ring (bicyclic) bond motifs is 1. The van der Waals surface area contributed by atoms with Crippen LogP contribution < -0.4 is 10.7 Å². The van der Waals surface area contributed by atoms with E-state index in [0.717, 1.165) is 11.0 Å². The number of methoxy groups -OCH3 is 1. The first-order chi connectivity index (χ1) is 9.70. The zero-order chi connectivity index (χ0) is 14.4. The van der Waals surface area contributed by atoms with E-state index in [1.165, 1.54) is 7.11 Å². The van der Waals surface area contributed by atoms with Gasteiger partial charge < -0.3 is 10.1 Å². The second kappa shape index (κ2) is 6.85. The lowest BCUT2D eigenvalue weighted by Crippen LogP contribution is -2.34. The molecule has 0 aliphatic rings. The van der Waals surface area contributed by atoms with Crippen molar-refractivity contribution < 1.29 is 9.53 Å². The van der Waals surface area contributed by atoms with Crippen LogP contribution in [-0.2, 0) is 9.53 Å². The van der Waals surface area contributed by atoms with E-state index >= 15 is 0 Å². The Labute approximate surface area is 122 Å². The quantitative estimate of drug-likeness (QED) is 0.493. The summed E-state index contributed by atoms with van der Waals surface area (Å²) in [7, 11) is 1.38. The average molecular weight is 292 g/mol. The number of imidazole rings is 1. The number of hydrogen-bond acceptors (Lipinski definition) is 4. The number of benzene rings is 1. The lowest BCUT2D eigenvalue weighted by Gasteiger charge is -2.11. The van der Waals surface area contributed by atoms with Crippen LogP contribution in [0.15, 0.2) is 30.6 Å². The maximum absolute atomic E-state index is 10.9. The van der Waals surface area contributed by atoms with E-state index in [9.17, 15) is 4.79 Å².